The fourth-order valence-electron chi connectivity index (χ4n) is 1.73. The number of hydrogen-bond acceptors (Lipinski definition) is 8. The van der Waals surface area contributed by atoms with Crippen molar-refractivity contribution < 1.29 is 38.8 Å². The lowest BCUT2D eigenvalue weighted by atomic mass is 10.1. The van der Waals surface area contributed by atoms with E-state index in [0.717, 1.165) is 0 Å². The average molecular weight is 366 g/mol. The van der Waals surface area contributed by atoms with Gasteiger partial charge in [0.1, 0.15) is 24.5 Å². The van der Waals surface area contributed by atoms with Crippen molar-refractivity contribution in [2.45, 2.75) is 33.0 Å². The van der Waals surface area contributed by atoms with Gasteiger partial charge in [0.15, 0.2) is 0 Å². The molecule has 0 fully saturated rings. The Labute approximate surface area is 151 Å². The van der Waals surface area contributed by atoms with E-state index in [4.69, 9.17) is 14.2 Å². The fourth-order valence-corrected chi connectivity index (χ4v) is 1.73. The van der Waals surface area contributed by atoms with E-state index >= 15 is 0 Å². The molecule has 0 amide bonds. The van der Waals surface area contributed by atoms with Gasteiger partial charge in [-0.3, -0.25) is 0 Å². The zero-order chi connectivity index (χ0) is 19.9. The number of esters is 3. The molecule has 0 aliphatic rings. The molecule has 0 saturated heterocycles. The number of hydrogen-bond donors (Lipinski definition) is 2. The lowest BCUT2D eigenvalue weighted by molar-refractivity contribution is -0.130. The van der Waals surface area contributed by atoms with Crippen LogP contribution in [-0.4, -0.2) is 53.5 Å². The Morgan fingerprint density at radius 1 is 1.04 bits per heavy atom. The van der Waals surface area contributed by atoms with E-state index in [9.17, 15) is 24.6 Å². The number of carbonyl (C=O) groups is 3. The summed E-state index contributed by atoms with van der Waals surface area (Å²) in [7, 11) is 0. The highest BCUT2D eigenvalue weighted by Gasteiger charge is 2.26. The third-order valence-corrected chi connectivity index (χ3v) is 2.91. The Bertz CT molecular complexity index is 690. The van der Waals surface area contributed by atoms with Crippen LogP contribution in [0.4, 0.5) is 0 Å². The van der Waals surface area contributed by atoms with Crippen molar-refractivity contribution in [3.8, 4) is 5.75 Å². The summed E-state index contributed by atoms with van der Waals surface area (Å²) in [4.78, 5) is 36.4. The van der Waals surface area contributed by atoms with Gasteiger partial charge in [0.05, 0.1) is 17.8 Å². The predicted octanol–water partition coefficient (Wildman–Crippen LogP) is 1.24. The van der Waals surface area contributed by atoms with Crippen molar-refractivity contribution in [3.63, 3.8) is 0 Å². The number of benzene rings is 1. The first kappa shape index (κ1) is 21.3. The minimum absolute atomic E-state index is 0.0929. The normalized spacial score (nSPS) is 12.7. The molecular formula is C18H22O8. The summed E-state index contributed by atoms with van der Waals surface area (Å²) in [5, 5.41) is 18.5. The van der Waals surface area contributed by atoms with E-state index in [1.54, 1.807) is 0 Å². The smallest absolute Gasteiger partial charge is 0.342 e. The number of rotatable bonds is 8. The number of aliphatic hydroxyl groups excluding tert-OH is 2. The fraction of sp³-hybridized carbons (Fsp3) is 0.389. The Kier molecular flexibility index (Phi) is 7.95. The maximum Gasteiger partial charge on any atom is 0.342 e. The van der Waals surface area contributed by atoms with E-state index in [0.29, 0.717) is 0 Å². The second kappa shape index (κ2) is 9.69. The van der Waals surface area contributed by atoms with Crippen LogP contribution < -0.4 is 4.74 Å². The summed E-state index contributed by atoms with van der Waals surface area (Å²) >= 11 is 0. The molecule has 0 heterocycles. The third-order valence-electron chi connectivity index (χ3n) is 2.91. The largest absolute Gasteiger partial charge is 0.459 e. The Morgan fingerprint density at radius 3 is 2.08 bits per heavy atom. The SMILES string of the molecule is C=C(C)C(=O)Oc1cccc(C(=O)OCC(C)O)c1C(=O)OCC(C)O. The number of ether oxygens (including phenoxy) is 3. The van der Waals surface area contributed by atoms with Crippen LogP contribution in [0.25, 0.3) is 0 Å². The zero-order valence-corrected chi connectivity index (χ0v) is 14.9. The van der Waals surface area contributed by atoms with Gasteiger partial charge in [-0.2, -0.15) is 0 Å². The second-order valence-corrected chi connectivity index (χ2v) is 5.74. The molecule has 2 N–H and O–H groups in total. The highest BCUT2D eigenvalue weighted by atomic mass is 16.6. The van der Waals surface area contributed by atoms with Crippen LogP contribution in [0.3, 0.4) is 0 Å². The van der Waals surface area contributed by atoms with Gasteiger partial charge in [-0.1, -0.05) is 12.6 Å². The highest BCUT2D eigenvalue weighted by Crippen LogP contribution is 2.25. The lowest BCUT2D eigenvalue weighted by Gasteiger charge is -2.15. The molecule has 0 saturated carbocycles. The van der Waals surface area contributed by atoms with Crippen molar-refractivity contribution >= 4 is 17.9 Å². The first-order valence-corrected chi connectivity index (χ1v) is 7.84. The first-order valence-electron chi connectivity index (χ1n) is 7.84. The number of carbonyl (C=O) groups excluding carboxylic acids is 3. The predicted molar refractivity (Wildman–Crippen MR) is 90.8 cm³/mol. The summed E-state index contributed by atoms with van der Waals surface area (Å²) in [6, 6.07) is 4.00. The average Bonchev–Trinajstić information content (AvgIpc) is 2.57. The summed E-state index contributed by atoms with van der Waals surface area (Å²) in [6.07, 6.45) is -1.82. The molecule has 8 nitrogen and oxygen atoms in total. The first-order chi connectivity index (χ1) is 12.1. The van der Waals surface area contributed by atoms with Crippen LogP contribution in [0.15, 0.2) is 30.4 Å². The van der Waals surface area contributed by atoms with Crippen molar-refractivity contribution in [2.75, 3.05) is 13.2 Å². The molecule has 0 bridgehead atoms. The van der Waals surface area contributed by atoms with Crippen molar-refractivity contribution in [2.24, 2.45) is 0 Å². The van der Waals surface area contributed by atoms with Crippen LogP contribution in [0.5, 0.6) is 5.75 Å². The summed E-state index contributed by atoms with van der Waals surface area (Å²) in [6.45, 7) is 7.12. The topological polar surface area (TPSA) is 119 Å². The molecule has 0 aromatic heterocycles. The van der Waals surface area contributed by atoms with Gasteiger partial charge >= 0.3 is 17.9 Å². The van der Waals surface area contributed by atoms with Gasteiger partial charge in [0.25, 0.3) is 0 Å². The summed E-state index contributed by atoms with van der Waals surface area (Å²) in [5.41, 5.74) is -0.429. The molecule has 2 unspecified atom stereocenters. The van der Waals surface area contributed by atoms with Gasteiger partial charge in [0.2, 0.25) is 0 Å². The molecule has 26 heavy (non-hydrogen) atoms. The summed E-state index contributed by atoms with van der Waals surface area (Å²) in [5.74, 6) is -2.87. The monoisotopic (exact) mass is 366 g/mol. The van der Waals surface area contributed by atoms with Gasteiger partial charge in [-0.05, 0) is 32.9 Å². The molecule has 1 rings (SSSR count). The zero-order valence-electron chi connectivity index (χ0n) is 14.9. The number of aliphatic hydroxyl groups is 2. The standard InChI is InChI=1S/C18H22O8/c1-10(2)16(21)26-14-7-5-6-13(17(22)24-8-11(3)19)15(14)18(23)25-9-12(4)20/h5-7,11-12,19-20H,1,8-9H2,2-4H3. The van der Waals surface area contributed by atoms with Crippen molar-refractivity contribution in [1.29, 1.82) is 0 Å². The molecule has 2 atom stereocenters. The molecule has 0 spiro atoms. The minimum Gasteiger partial charge on any atom is -0.459 e. The molecule has 8 heteroatoms. The van der Waals surface area contributed by atoms with Gasteiger partial charge in [-0.15, -0.1) is 0 Å². The maximum absolute atomic E-state index is 12.4. The van der Waals surface area contributed by atoms with E-state index in [-0.39, 0.29) is 35.7 Å². The molecule has 1 aromatic rings. The van der Waals surface area contributed by atoms with E-state index in [1.807, 2.05) is 0 Å². The van der Waals surface area contributed by atoms with Crippen molar-refractivity contribution in [3.05, 3.63) is 41.5 Å². The molecule has 0 aliphatic carbocycles. The van der Waals surface area contributed by atoms with Gasteiger partial charge in [0, 0.05) is 5.57 Å². The van der Waals surface area contributed by atoms with Crippen LogP contribution in [0.2, 0.25) is 0 Å². The Hall–Kier alpha value is -2.71. The van der Waals surface area contributed by atoms with Crippen LogP contribution in [0, 0.1) is 0 Å². The van der Waals surface area contributed by atoms with Crippen LogP contribution in [0.1, 0.15) is 41.5 Å². The maximum atomic E-state index is 12.4. The highest BCUT2D eigenvalue weighted by molar-refractivity contribution is 6.06. The van der Waals surface area contributed by atoms with Gasteiger partial charge < -0.3 is 24.4 Å². The minimum atomic E-state index is -0.972. The van der Waals surface area contributed by atoms with Crippen LogP contribution >= 0.6 is 0 Å². The van der Waals surface area contributed by atoms with E-state index in [1.165, 1.54) is 39.0 Å². The quantitative estimate of drug-likeness (QED) is 0.401. The summed E-state index contributed by atoms with van der Waals surface area (Å²) < 4.78 is 14.9. The van der Waals surface area contributed by atoms with E-state index < -0.39 is 30.1 Å². The molecule has 0 aliphatic heterocycles. The van der Waals surface area contributed by atoms with Crippen molar-refractivity contribution in [1.82, 2.24) is 0 Å². The van der Waals surface area contributed by atoms with Gasteiger partial charge in [-0.25, -0.2) is 14.4 Å². The lowest BCUT2D eigenvalue weighted by Crippen LogP contribution is -2.22. The van der Waals surface area contributed by atoms with Crippen LogP contribution in [-0.2, 0) is 14.3 Å². The third kappa shape index (κ3) is 6.30. The Morgan fingerprint density at radius 2 is 1.58 bits per heavy atom. The molecule has 1 aromatic carbocycles. The molecule has 142 valence electrons. The van der Waals surface area contributed by atoms with E-state index in [2.05, 4.69) is 6.58 Å². The molecular weight excluding hydrogens is 344 g/mol. The molecule has 0 radical (unpaired) electrons. The Balaban J connectivity index is 3.26. The second-order valence-electron chi connectivity index (χ2n) is 5.74.